The minimum Gasteiger partial charge on any atom is -0.0537 e. The summed E-state index contributed by atoms with van der Waals surface area (Å²) in [4.78, 5) is 0. The monoisotopic (exact) mass is 309 g/mol. The molecule has 0 atom stereocenters. The van der Waals surface area contributed by atoms with Crippen LogP contribution in [0.5, 0.6) is 0 Å². The molecule has 0 aromatic heterocycles. The normalized spacial score (nSPS) is 10.1. The second-order valence-electron chi connectivity index (χ2n) is 2.91. The van der Waals surface area contributed by atoms with E-state index in [9.17, 15) is 0 Å². The third-order valence-corrected chi connectivity index (χ3v) is 3.15. The second-order valence-corrected chi connectivity index (χ2v) is 4.68. The molecule has 0 unspecified atom stereocenters. The molecule has 0 saturated heterocycles. The van der Waals surface area contributed by atoms with Crippen LogP contribution in [0.4, 0.5) is 0 Å². The summed E-state index contributed by atoms with van der Waals surface area (Å²) in [5, 5.41) is 0. The highest BCUT2D eigenvalue weighted by Gasteiger charge is 2.00. The number of rotatable bonds is 1. The van der Waals surface area contributed by atoms with Gasteiger partial charge in [0.15, 0.2) is 0 Å². The molecule has 2 aromatic carbocycles. The first-order chi connectivity index (χ1) is 6.77. The van der Waals surface area contributed by atoms with Crippen molar-refractivity contribution in [2.75, 3.05) is 0 Å². The van der Waals surface area contributed by atoms with Crippen LogP contribution < -0.4 is 0 Å². The zero-order valence-electron chi connectivity index (χ0n) is 7.30. The van der Waals surface area contributed by atoms with E-state index < -0.39 is 0 Å². The quantitative estimate of drug-likeness (QED) is 0.717. The van der Waals surface area contributed by atoms with Crippen molar-refractivity contribution in [2.24, 2.45) is 0 Å². The minimum atomic E-state index is 1.07. The third-order valence-electron chi connectivity index (χ3n) is 1.97. The van der Waals surface area contributed by atoms with E-state index in [2.05, 4.69) is 50.1 Å². The molecule has 0 bridgehead atoms. The van der Waals surface area contributed by atoms with Gasteiger partial charge in [0.2, 0.25) is 0 Å². The van der Waals surface area contributed by atoms with Crippen LogP contribution in [0.2, 0.25) is 0 Å². The van der Waals surface area contributed by atoms with Gasteiger partial charge in [-0.15, -0.1) is 0 Å². The molecule has 0 fully saturated rings. The lowest BCUT2D eigenvalue weighted by atomic mass is 10.1. The Kier molecular flexibility index (Phi) is 3.04. The minimum absolute atomic E-state index is 1.07. The molecular formula is C12H7Br2. The van der Waals surface area contributed by atoms with Crippen LogP contribution in [0.1, 0.15) is 0 Å². The molecule has 0 N–H and O–H groups in total. The maximum atomic E-state index is 3.51. The van der Waals surface area contributed by atoms with Crippen molar-refractivity contribution >= 4 is 31.9 Å². The number of hydrogen-bond acceptors (Lipinski definition) is 0. The summed E-state index contributed by atoms with van der Waals surface area (Å²) in [5.41, 5.74) is 2.39. The summed E-state index contributed by atoms with van der Waals surface area (Å²) in [5.74, 6) is 0. The van der Waals surface area contributed by atoms with Gasteiger partial charge < -0.3 is 0 Å². The van der Waals surface area contributed by atoms with E-state index in [1.54, 1.807) is 0 Å². The Hall–Kier alpha value is -0.600. The van der Waals surface area contributed by atoms with Gasteiger partial charge in [-0.2, -0.15) is 0 Å². The summed E-state index contributed by atoms with van der Waals surface area (Å²) < 4.78 is 2.17. The number of halogens is 2. The molecule has 2 aromatic rings. The van der Waals surface area contributed by atoms with Crippen molar-refractivity contribution < 1.29 is 0 Å². The van der Waals surface area contributed by atoms with Crippen LogP contribution in [0.25, 0.3) is 11.1 Å². The van der Waals surface area contributed by atoms with Crippen LogP contribution in [0.15, 0.2) is 51.4 Å². The summed E-state index contributed by atoms with van der Waals surface area (Å²) in [6.45, 7) is 0. The van der Waals surface area contributed by atoms with Crippen molar-refractivity contribution in [1.82, 2.24) is 0 Å². The van der Waals surface area contributed by atoms with Gasteiger partial charge in [-0.05, 0) is 35.4 Å². The first-order valence-corrected chi connectivity index (χ1v) is 5.77. The van der Waals surface area contributed by atoms with Crippen molar-refractivity contribution in [3.63, 3.8) is 0 Å². The van der Waals surface area contributed by atoms with Crippen molar-refractivity contribution in [3.05, 3.63) is 57.5 Å². The molecule has 0 aliphatic rings. The van der Waals surface area contributed by atoms with Gasteiger partial charge in [0.25, 0.3) is 0 Å². The Balaban J connectivity index is 2.50. The smallest absolute Gasteiger partial charge is 0.0259 e. The molecule has 0 aliphatic carbocycles. The van der Waals surface area contributed by atoms with Crippen LogP contribution in [-0.4, -0.2) is 0 Å². The van der Waals surface area contributed by atoms with E-state index in [1.165, 1.54) is 11.1 Å². The highest BCUT2D eigenvalue weighted by molar-refractivity contribution is 9.10. The SMILES string of the molecule is Brc1ccc(-c2cc[c]cc2Br)cc1. The summed E-state index contributed by atoms with van der Waals surface area (Å²) in [6, 6.07) is 17.2. The zero-order valence-corrected chi connectivity index (χ0v) is 10.5. The average Bonchev–Trinajstić information content (AvgIpc) is 2.20. The van der Waals surface area contributed by atoms with Gasteiger partial charge in [-0.1, -0.05) is 56.1 Å². The van der Waals surface area contributed by atoms with Gasteiger partial charge in [-0.3, -0.25) is 0 Å². The Morgan fingerprint density at radius 3 is 2.29 bits per heavy atom. The molecule has 2 heteroatoms. The Bertz CT molecular complexity index is 432. The standard InChI is InChI=1S/C12H7Br2/c13-10-7-5-9(6-8-10)11-3-1-2-4-12(11)14/h1,3-8H. The molecule has 1 radical (unpaired) electrons. The summed E-state index contributed by atoms with van der Waals surface area (Å²) >= 11 is 6.93. The predicted octanol–water partition coefficient (Wildman–Crippen LogP) is 4.68. The van der Waals surface area contributed by atoms with Gasteiger partial charge in [-0.25, -0.2) is 0 Å². The van der Waals surface area contributed by atoms with Crippen molar-refractivity contribution in [2.45, 2.75) is 0 Å². The van der Waals surface area contributed by atoms with E-state index >= 15 is 0 Å². The predicted molar refractivity (Wildman–Crippen MR) is 66.1 cm³/mol. The lowest BCUT2D eigenvalue weighted by molar-refractivity contribution is 1.56. The summed E-state index contributed by atoms with van der Waals surface area (Å²) in [7, 11) is 0. The molecule has 0 spiro atoms. The Labute approximate surface area is 100 Å². The average molecular weight is 311 g/mol. The number of hydrogen-bond donors (Lipinski definition) is 0. The Morgan fingerprint density at radius 2 is 1.64 bits per heavy atom. The largest absolute Gasteiger partial charge is 0.0537 e. The van der Waals surface area contributed by atoms with Crippen LogP contribution in [-0.2, 0) is 0 Å². The molecular weight excluding hydrogens is 304 g/mol. The van der Waals surface area contributed by atoms with Crippen molar-refractivity contribution in [3.8, 4) is 11.1 Å². The van der Waals surface area contributed by atoms with Gasteiger partial charge in [0.1, 0.15) is 0 Å². The fourth-order valence-corrected chi connectivity index (χ4v) is 2.03. The van der Waals surface area contributed by atoms with Gasteiger partial charge in [0, 0.05) is 8.95 Å². The number of benzene rings is 2. The van der Waals surface area contributed by atoms with Crippen LogP contribution >= 0.6 is 31.9 Å². The maximum absolute atomic E-state index is 3.51. The van der Waals surface area contributed by atoms with E-state index in [4.69, 9.17) is 0 Å². The molecule has 14 heavy (non-hydrogen) atoms. The van der Waals surface area contributed by atoms with Gasteiger partial charge >= 0.3 is 0 Å². The van der Waals surface area contributed by atoms with E-state index in [0.717, 1.165) is 8.95 Å². The lowest BCUT2D eigenvalue weighted by Gasteiger charge is -2.03. The van der Waals surface area contributed by atoms with Crippen LogP contribution in [0.3, 0.4) is 0 Å². The molecule has 0 saturated carbocycles. The highest BCUT2D eigenvalue weighted by Crippen LogP contribution is 2.28. The molecule has 0 amide bonds. The fraction of sp³-hybridized carbons (Fsp3) is 0. The maximum Gasteiger partial charge on any atom is 0.0259 e. The Morgan fingerprint density at radius 1 is 0.929 bits per heavy atom. The molecule has 0 heterocycles. The van der Waals surface area contributed by atoms with Gasteiger partial charge in [0.05, 0.1) is 0 Å². The first-order valence-electron chi connectivity index (χ1n) is 4.19. The molecule has 2 rings (SSSR count). The molecule has 0 nitrogen and oxygen atoms in total. The highest BCUT2D eigenvalue weighted by atomic mass is 79.9. The fourth-order valence-electron chi connectivity index (χ4n) is 1.27. The van der Waals surface area contributed by atoms with Crippen molar-refractivity contribution in [1.29, 1.82) is 0 Å². The zero-order chi connectivity index (χ0) is 9.97. The van der Waals surface area contributed by atoms with E-state index in [-0.39, 0.29) is 0 Å². The second kappa shape index (κ2) is 4.28. The molecule has 69 valence electrons. The third kappa shape index (κ3) is 2.07. The van der Waals surface area contributed by atoms with E-state index in [1.807, 2.05) is 30.3 Å². The molecule has 0 aliphatic heterocycles. The lowest BCUT2D eigenvalue weighted by Crippen LogP contribution is -1.78. The topological polar surface area (TPSA) is 0 Å². The first kappa shape index (κ1) is 9.94. The van der Waals surface area contributed by atoms with Crippen LogP contribution in [0, 0.1) is 6.07 Å². The van der Waals surface area contributed by atoms with E-state index in [0.29, 0.717) is 0 Å². The summed E-state index contributed by atoms with van der Waals surface area (Å²) in [6.07, 6.45) is 0.